The van der Waals surface area contributed by atoms with Crippen LogP contribution in [0.15, 0.2) is 35.2 Å². The highest BCUT2D eigenvalue weighted by Gasteiger charge is 2.46. The number of nitrogens with one attached hydrogen (secondary N) is 1. The van der Waals surface area contributed by atoms with Gasteiger partial charge in [0.2, 0.25) is 0 Å². The number of aryl methyl sites for hydroxylation is 1. The molecule has 0 bridgehead atoms. The lowest BCUT2D eigenvalue weighted by Gasteiger charge is -2.54. The van der Waals surface area contributed by atoms with Gasteiger partial charge in [0.05, 0.1) is 39.2 Å². The first-order valence-corrected chi connectivity index (χ1v) is 14.0. The van der Waals surface area contributed by atoms with E-state index in [9.17, 15) is 9.32 Å². The molecule has 3 fully saturated rings. The van der Waals surface area contributed by atoms with Crippen molar-refractivity contribution in [3.63, 3.8) is 0 Å². The van der Waals surface area contributed by atoms with E-state index < -0.39 is 10.8 Å². The van der Waals surface area contributed by atoms with E-state index in [4.69, 9.17) is 16.6 Å². The third-order valence-electron chi connectivity index (χ3n) is 8.56. The monoisotopic (exact) mass is 485 g/mol. The van der Waals surface area contributed by atoms with Crippen molar-refractivity contribution >= 4 is 33.9 Å². The second-order valence-corrected chi connectivity index (χ2v) is 12.6. The van der Waals surface area contributed by atoms with Crippen LogP contribution in [0.2, 0.25) is 5.02 Å². The van der Waals surface area contributed by atoms with E-state index in [1.165, 1.54) is 31.2 Å². The molecule has 0 radical (unpaired) electrons. The summed E-state index contributed by atoms with van der Waals surface area (Å²) in [6.07, 6.45) is 8.81. The molecule has 2 N–H and O–H groups in total. The highest BCUT2D eigenvalue weighted by atomic mass is 35.5. The number of halogens is 1. The van der Waals surface area contributed by atoms with Crippen LogP contribution < -0.4 is 10.2 Å². The van der Waals surface area contributed by atoms with Gasteiger partial charge in [-0.15, -0.1) is 0 Å². The average Bonchev–Trinajstić information content (AvgIpc) is 3.16. The number of rotatable bonds is 5. The first-order chi connectivity index (χ1) is 16.0. The molecule has 1 aromatic heterocycles. The van der Waals surface area contributed by atoms with Gasteiger partial charge in [-0.25, -0.2) is 4.98 Å². The SMILES string of the molecule is O=[S@]1CCc2nc(N3CC4(CCC(c5ccc(Cl)cc5)CC4)C3)cc(NC3(CO)CCC3)c21. The molecule has 5 nitrogen and oxygen atoms in total. The molecule has 0 amide bonds. The number of nitrogens with zero attached hydrogens (tertiary/aromatic N) is 2. The Bertz CT molecular complexity index is 1060. The number of aliphatic hydroxyl groups is 1. The van der Waals surface area contributed by atoms with Crippen molar-refractivity contribution in [2.24, 2.45) is 5.41 Å². The molecular formula is C26H32ClN3O2S. The van der Waals surface area contributed by atoms with E-state index >= 15 is 0 Å². The largest absolute Gasteiger partial charge is 0.394 e. The number of aliphatic hydroxyl groups excluding tert-OH is 1. The molecule has 1 atom stereocenters. The maximum absolute atomic E-state index is 12.7. The summed E-state index contributed by atoms with van der Waals surface area (Å²) in [6.45, 7) is 2.23. The molecule has 33 heavy (non-hydrogen) atoms. The van der Waals surface area contributed by atoms with Crippen molar-refractivity contribution in [3.8, 4) is 0 Å². The Morgan fingerprint density at radius 2 is 1.88 bits per heavy atom. The molecule has 2 aliphatic carbocycles. The number of aromatic nitrogens is 1. The number of hydrogen-bond acceptors (Lipinski definition) is 5. The van der Waals surface area contributed by atoms with Gasteiger partial charge in [0.25, 0.3) is 0 Å². The van der Waals surface area contributed by atoms with Crippen molar-refractivity contribution in [1.29, 1.82) is 0 Å². The lowest BCUT2D eigenvalue weighted by molar-refractivity contribution is 0.127. The predicted molar refractivity (Wildman–Crippen MR) is 134 cm³/mol. The molecule has 2 aromatic rings. The molecule has 176 valence electrons. The Labute approximate surface area is 203 Å². The second kappa shape index (κ2) is 8.24. The molecule has 1 spiro atoms. The summed E-state index contributed by atoms with van der Waals surface area (Å²) >= 11 is 6.07. The number of fused-ring (bicyclic) bond motifs is 1. The summed E-state index contributed by atoms with van der Waals surface area (Å²) in [4.78, 5) is 8.23. The van der Waals surface area contributed by atoms with Crippen LogP contribution >= 0.6 is 11.6 Å². The first kappa shape index (κ1) is 21.9. The predicted octanol–water partition coefficient (Wildman–Crippen LogP) is 4.89. The van der Waals surface area contributed by atoms with Gasteiger partial charge >= 0.3 is 0 Å². The summed E-state index contributed by atoms with van der Waals surface area (Å²) in [5.74, 6) is 2.30. The van der Waals surface area contributed by atoms with Crippen LogP contribution in [0.5, 0.6) is 0 Å². The van der Waals surface area contributed by atoms with Crippen LogP contribution in [0.1, 0.15) is 62.1 Å². The van der Waals surface area contributed by atoms with Crippen molar-refractivity contribution < 1.29 is 9.32 Å². The van der Waals surface area contributed by atoms with Crippen LogP contribution in [0.25, 0.3) is 0 Å². The third-order valence-corrected chi connectivity index (χ3v) is 10.3. The van der Waals surface area contributed by atoms with E-state index in [1.54, 1.807) is 0 Å². The fourth-order valence-corrected chi connectivity index (χ4v) is 7.77. The van der Waals surface area contributed by atoms with Crippen LogP contribution in [0.4, 0.5) is 11.5 Å². The number of benzene rings is 1. The molecule has 3 heterocycles. The normalized spacial score (nSPS) is 25.4. The molecule has 2 aliphatic heterocycles. The van der Waals surface area contributed by atoms with Crippen LogP contribution in [-0.4, -0.2) is 45.3 Å². The zero-order chi connectivity index (χ0) is 22.6. The van der Waals surface area contributed by atoms with Gasteiger partial charge in [0.1, 0.15) is 5.82 Å². The lowest BCUT2D eigenvalue weighted by Crippen LogP contribution is -2.58. The minimum Gasteiger partial charge on any atom is -0.394 e. The molecule has 1 saturated heterocycles. The van der Waals surface area contributed by atoms with Gasteiger partial charge < -0.3 is 15.3 Å². The van der Waals surface area contributed by atoms with E-state index in [2.05, 4.69) is 28.4 Å². The fraction of sp³-hybridized carbons (Fsp3) is 0.577. The van der Waals surface area contributed by atoms with Gasteiger partial charge in [-0.1, -0.05) is 23.7 Å². The Morgan fingerprint density at radius 3 is 2.52 bits per heavy atom. The van der Waals surface area contributed by atoms with Gasteiger partial charge in [0, 0.05) is 41.8 Å². The highest BCUT2D eigenvalue weighted by molar-refractivity contribution is 7.85. The average molecular weight is 486 g/mol. The Hall–Kier alpha value is -1.63. The summed E-state index contributed by atoms with van der Waals surface area (Å²) in [6, 6.07) is 10.5. The smallest absolute Gasteiger partial charge is 0.131 e. The van der Waals surface area contributed by atoms with Crippen LogP contribution in [0, 0.1) is 5.41 Å². The molecule has 4 aliphatic rings. The first-order valence-electron chi connectivity index (χ1n) is 12.3. The Kier molecular flexibility index (Phi) is 5.46. The quantitative estimate of drug-likeness (QED) is 0.631. The molecular weight excluding hydrogens is 454 g/mol. The zero-order valence-corrected chi connectivity index (χ0v) is 20.6. The second-order valence-electron chi connectivity index (χ2n) is 10.7. The maximum Gasteiger partial charge on any atom is 0.131 e. The topological polar surface area (TPSA) is 65.5 Å². The minimum absolute atomic E-state index is 0.119. The molecule has 6 rings (SSSR count). The number of pyridine rings is 1. The van der Waals surface area contributed by atoms with Gasteiger partial charge in [-0.05, 0) is 68.6 Å². The molecule has 7 heteroatoms. The molecule has 1 aromatic carbocycles. The van der Waals surface area contributed by atoms with Crippen molar-refractivity contribution in [2.45, 2.75) is 67.7 Å². The molecule has 0 unspecified atom stereocenters. The van der Waals surface area contributed by atoms with E-state index in [0.717, 1.165) is 65.9 Å². The van der Waals surface area contributed by atoms with Gasteiger partial charge in [-0.2, -0.15) is 0 Å². The lowest BCUT2D eigenvalue weighted by atomic mass is 9.65. The van der Waals surface area contributed by atoms with Crippen molar-refractivity contribution in [2.75, 3.05) is 35.7 Å². The number of hydrogen-bond donors (Lipinski definition) is 2. The highest BCUT2D eigenvalue weighted by Crippen LogP contribution is 2.50. The van der Waals surface area contributed by atoms with Crippen LogP contribution in [0.3, 0.4) is 0 Å². The summed E-state index contributed by atoms with van der Waals surface area (Å²) in [5, 5.41) is 14.4. The van der Waals surface area contributed by atoms with Crippen molar-refractivity contribution in [3.05, 3.63) is 46.6 Å². The Balaban J connectivity index is 1.16. The summed E-state index contributed by atoms with van der Waals surface area (Å²) < 4.78 is 12.7. The maximum atomic E-state index is 12.7. The number of anilines is 2. The van der Waals surface area contributed by atoms with E-state index in [1.807, 2.05) is 12.1 Å². The Morgan fingerprint density at radius 1 is 1.15 bits per heavy atom. The van der Waals surface area contributed by atoms with Gasteiger partial charge in [0.15, 0.2) is 0 Å². The minimum atomic E-state index is -0.997. The standard InChI is InChI=1S/C26H32ClN3O2S/c27-20-4-2-18(3-5-20)19-6-11-25(12-7-19)15-30(16-25)23-14-22(29-26(17-31)9-1-10-26)24-21(28-23)8-13-33(24)32/h2-5,14,19,31H,1,6-13,15-17H2,(H,28,29)/t33-/m0/s1. The van der Waals surface area contributed by atoms with E-state index in [-0.39, 0.29) is 12.1 Å². The summed E-state index contributed by atoms with van der Waals surface area (Å²) in [5.41, 5.74) is 3.48. The zero-order valence-electron chi connectivity index (χ0n) is 19.0. The van der Waals surface area contributed by atoms with Gasteiger partial charge in [-0.3, -0.25) is 4.21 Å². The fourth-order valence-electron chi connectivity index (χ4n) is 6.29. The van der Waals surface area contributed by atoms with E-state index in [0.29, 0.717) is 17.1 Å². The molecule has 2 saturated carbocycles. The summed E-state index contributed by atoms with van der Waals surface area (Å²) in [7, 11) is -0.997. The van der Waals surface area contributed by atoms with Crippen molar-refractivity contribution in [1.82, 2.24) is 4.98 Å². The third kappa shape index (κ3) is 3.88. The van der Waals surface area contributed by atoms with Crippen LogP contribution in [-0.2, 0) is 17.2 Å².